The molecule has 6 amide bonds. The number of nitrogens with one attached hydrogen (secondary N) is 3. The summed E-state index contributed by atoms with van der Waals surface area (Å²) in [5.41, 5.74) is 6.99. The minimum atomic E-state index is -0.303. The maximum atomic E-state index is 13.3. The highest BCUT2D eigenvalue weighted by Gasteiger charge is 2.23. The number of rotatable bonds is 24. The number of hydrazone groups is 1. The molecule has 5 rings (SSSR count). The van der Waals surface area contributed by atoms with Crippen molar-refractivity contribution in [1.29, 1.82) is 0 Å². The molecule has 15 heteroatoms. The van der Waals surface area contributed by atoms with E-state index in [2.05, 4.69) is 33.0 Å². The van der Waals surface area contributed by atoms with Crippen LogP contribution < -0.4 is 21.0 Å². The molecule has 0 aromatic heterocycles. The zero-order chi connectivity index (χ0) is 42.4. The van der Waals surface area contributed by atoms with Gasteiger partial charge in [-0.05, 0) is 54.3 Å². The second-order valence-corrected chi connectivity index (χ2v) is 13.7. The Bertz CT molecular complexity index is 2070. The number of carbonyl (C=O) groups excluding carboxylic acids is 6. The molecule has 0 aliphatic carbocycles. The molecule has 15 nitrogen and oxygen atoms in total. The Morgan fingerprint density at radius 1 is 0.667 bits per heavy atom. The quantitative estimate of drug-likeness (QED) is 0.0402. The summed E-state index contributed by atoms with van der Waals surface area (Å²) in [6, 6.07) is 22.0. The lowest BCUT2D eigenvalue weighted by atomic mass is 10.0. The molecule has 0 fully saturated rings. The average molecular weight is 819 g/mol. The molecular weight excluding hydrogens is 769 g/mol. The number of fused-ring (bicyclic) bond motifs is 2. The van der Waals surface area contributed by atoms with Crippen molar-refractivity contribution in [2.75, 3.05) is 64.2 Å². The van der Waals surface area contributed by atoms with Crippen molar-refractivity contribution in [3.63, 3.8) is 0 Å². The monoisotopic (exact) mass is 818 g/mol. The lowest BCUT2D eigenvalue weighted by molar-refractivity contribution is -0.137. The van der Waals surface area contributed by atoms with E-state index in [-0.39, 0.29) is 54.7 Å². The van der Waals surface area contributed by atoms with Crippen molar-refractivity contribution in [3.8, 4) is 11.8 Å². The first-order valence-corrected chi connectivity index (χ1v) is 20.0. The number of imide groups is 1. The van der Waals surface area contributed by atoms with Crippen molar-refractivity contribution >= 4 is 47.3 Å². The molecule has 2 aliphatic rings. The normalized spacial score (nSPS) is 12.9. The van der Waals surface area contributed by atoms with Crippen LogP contribution in [0.15, 0.2) is 90.0 Å². The van der Waals surface area contributed by atoms with Crippen molar-refractivity contribution in [3.05, 3.63) is 113 Å². The van der Waals surface area contributed by atoms with Crippen LogP contribution in [0.3, 0.4) is 0 Å². The van der Waals surface area contributed by atoms with Crippen LogP contribution in [0.4, 0.5) is 5.69 Å². The number of anilines is 1. The number of benzene rings is 3. The van der Waals surface area contributed by atoms with E-state index in [0.29, 0.717) is 96.2 Å². The van der Waals surface area contributed by atoms with Gasteiger partial charge in [-0.25, -0.2) is 5.43 Å². The molecule has 0 radical (unpaired) electrons. The first-order chi connectivity index (χ1) is 29.3. The summed E-state index contributed by atoms with van der Waals surface area (Å²) in [6.45, 7) is 3.37. The van der Waals surface area contributed by atoms with Gasteiger partial charge in [-0.1, -0.05) is 60.7 Å². The minimum Gasteiger partial charge on any atom is -0.377 e. The third kappa shape index (κ3) is 14.7. The lowest BCUT2D eigenvalue weighted by Crippen LogP contribution is -2.34. The third-order valence-corrected chi connectivity index (χ3v) is 9.35. The SMILES string of the molecule is O=C(CCC(=O)N1Cc2ccccc2C#Cc2ccccc21)NCCOCCOCCOCCNC(=O)c1ccc(/C=N/NC(=O)CCCCCN2C(=O)C=CC2=O)cc1. The van der Waals surface area contributed by atoms with Gasteiger partial charge in [0.05, 0.1) is 58.1 Å². The summed E-state index contributed by atoms with van der Waals surface area (Å²) < 4.78 is 16.6. The maximum absolute atomic E-state index is 13.3. The Morgan fingerprint density at radius 2 is 1.30 bits per heavy atom. The first-order valence-electron chi connectivity index (χ1n) is 20.0. The van der Waals surface area contributed by atoms with Crippen LogP contribution in [0.2, 0.25) is 0 Å². The lowest BCUT2D eigenvalue weighted by Gasteiger charge is -2.26. The number of ether oxygens (including phenoxy) is 3. The molecule has 2 heterocycles. The van der Waals surface area contributed by atoms with Gasteiger partial charge in [-0.3, -0.25) is 33.7 Å². The summed E-state index contributed by atoms with van der Waals surface area (Å²) in [7, 11) is 0. The average Bonchev–Trinajstić information content (AvgIpc) is 3.57. The van der Waals surface area contributed by atoms with E-state index in [4.69, 9.17) is 14.2 Å². The molecular formula is C45H50N6O9. The summed E-state index contributed by atoms with van der Waals surface area (Å²) in [4.78, 5) is 76.3. The second-order valence-electron chi connectivity index (χ2n) is 13.7. The molecule has 3 aromatic rings. The van der Waals surface area contributed by atoms with E-state index in [1.807, 2.05) is 48.5 Å². The van der Waals surface area contributed by atoms with Gasteiger partial charge in [0.2, 0.25) is 17.7 Å². The van der Waals surface area contributed by atoms with Crippen molar-refractivity contribution in [2.24, 2.45) is 5.10 Å². The molecule has 3 N–H and O–H groups in total. The third-order valence-electron chi connectivity index (χ3n) is 9.35. The predicted octanol–water partition coefficient (Wildman–Crippen LogP) is 3.24. The van der Waals surface area contributed by atoms with E-state index >= 15 is 0 Å². The predicted molar refractivity (Wildman–Crippen MR) is 224 cm³/mol. The smallest absolute Gasteiger partial charge is 0.253 e. The van der Waals surface area contributed by atoms with Gasteiger partial charge in [0, 0.05) is 67.7 Å². The van der Waals surface area contributed by atoms with Crippen LogP contribution in [-0.4, -0.2) is 106 Å². The fourth-order valence-electron chi connectivity index (χ4n) is 6.13. The van der Waals surface area contributed by atoms with Crippen LogP contribution in [-0.2, 0) is 44.7 Å². The van der Waals surface area contributed by atoms with Crippen molar-refractivity contribution in [1.82, 2.24) is 21.0 Å². The first kappa shape index (κ1) is 44.6. The van der Waals surface area contributed by atoms with E-state index < -0.39 is 0 Å². The molecule has 0 saturated heterocycles. The number of hydrogen-bond donors (Lipinski definition) is 3. The van der Waals surface area contributed by atoms with Gasteiger partial charge in [0.1, 0.15) is 0 Å². The van der Waals surface area contributed by atoms with E-state index in [1.54, 1.807) is 29.2 Å². The van der Waals surface area contributed by atoms with E-state index in [0.717, 1.165) is 22.4 Å². The van der Waals surface area contributed by atoms with Crippen LogP contribution in [0, 0.1) is 11.8 Å². The van der Waals surface area contributed by atoms with Crippen molar-refractivity contribution < 1.29 is 43.0 Å². The molecule has 0 unspecified atom stereocenters. The van der Waals surface area contributed by atoms with E-state index in [1.165, 1.54) is 23.3 Å². The Morgan fingerprint density at radius 3 is 2.03 bits per heavy atom. The van der Waals surface area contributed by atoms with Crippen LogP contribution in [0.5, 0.6) is 0 Å². The molecule has 60 heavy (non-hydrogen) atoms. The van der Waals surface area contributed by atoms with Gasteiger partial charge >= 0.3 is 0 Å². The molecule has 0 bridgehead atoms. The van der Waals surface area contributed by atoms with Crippen LogP contribution in [0.1, 0.15) is 71.1 Å². The Hall–Kier alpha value is -6.47. The fourth-order valence-corrected chi connectivity index (χ4v) is 6.13. The van der Waals surface area contributed by atoms with Gasteiger partial charge in [-0.15, -0.1) is 0 Å². The van der Waals surface area contributed by atoms with Gasteiger partial charge in [0.15, 0.2) is 0 Å². The van der Waals surface area contributed by atoms with E-state index in [9.17, 15) is 28.8 Å². The van der Waals surface area contributed by atoms with Crippen LogP contribution >= 0.6 is 0 Å². The molecule has 0 saturated carbocycles. The molecule has 0 atom stereocenters. The summed E-state index contributed by atoms with van der Waals surface area (Å²) in [6.07, 6.45) is 6.32. The second kappa shape index (κ2) is 24.5. The van der Waals surface area contributed by atoms with Gasteiger partial charge in [0.25, 0.3) is 17.7 Å². The number of unbranched alkanes of at least 4 members (excludes halogenated alkanes) is 2. The van der Waals surface area contributed by atoms with Gasteiger partial charge in [-0.2, -0.15) is 5.10 Å². The highest BCUT2D eigenvalue weighted by molar-refractivity contribution is 6.12. The van der Waals surface area contributed by atoms with Gasteiger partial charge < -0.3 is 29.7 Å². The summed E-state index contributed by atoms with van der Waals surface area (Å²) in [5, 5.41) is 9.55. The number of carbonyl (C=O) groups is 6. The number of amides is 6. The molecule has 314 valence electrons. The van der Waals surface area contributed by atoms with Crippen LogP contribution in [0.25, 0.3) is 0 Å². The number of nitrogens with zero attached hydrogens (tertiary/aromatic N) is 3. The summed E-state index contributed by atoms with van der Waals surface area (Å²) >= 11 is 0. The molecule has 2 aliphatic heterocycles. The standard InChI is InChI=1S/C45H50N6O9/c52-40(19-20-44(56)51-33-38-10-4-3-8-35(38)17-18-36-9-5-6-11-39(36)51)46-23-26-58-28-30-60-31-29-59-27-24-47-45(57)37-15-13-34(14-16-37)32-48-49-41(53)12-2-1-7-25-50-42(54)21-22-43(50)55/h3-6,8-11,13-16,21-22,32H,1-2,7,12,19-20,23-31,33H2,(H,46,52)(H,47,57)(H,49,53)/b48-32+. The summed E-state index contributed by atoms with van der Waals surface area (Å²) in [5.74, 6) is 4.91. The number of hydrogen-bond acceptors (Lipinski definition) is 10. The highest BCUT2D eigenvalue weighted by atomic mass is 16.5. The molecule has 3 aromatic carbocycles. The fraction of sp³-hybridized carbons (Fsp3) is 0.356. The molecule has 0 spiro atoms. The zero-order valence-corrected chi connectivity index (χ0v) is 33.5. The Balaban J connectivity index is 0.823. The maximum Gasteiger partial charge on any atom is 0.253 e. The Kier molecular flexibility index (Phi) is 18.2. The topological polar surface area (TPSA) is 185 Å². The Labute approximate surface area is 349 Å². The van der Waals surface area contributed by atoms with Crippen molar-refractivity contribution in [2.45, 2.75) is 45.1 Å². The zero-order valence-electron chi connectivity index (χ0n) is 33.5. The number of para-hydroxylation sites is 1. The highest BCUT2D eigenvalue weighted by Crippen LogP contribution is 2.26. The minimum absolute atomic E-state index is 0.0602. The largest absolute Gasteiger partial charge is 0.377 e.